The quantitative estimate of drug-likeness (QED) is 0.333. The lowest BCUT2D eigenvalue weighted by Crippen LogP contribution is -2.19. The zero-order chi connectivity index (χ0) is 7.82. The van der Waals surface area contributed by atoms with Crippen LogP contribution in [-0.2, 0) is 4.74 Å². The Kier molecular flexibility index (Phi) is 7.28. The molecule has 0 spiro atoms. The van der Waals surface area contributed by atoms with E-state index in [4.69, 9.17) is 9.53 Å². The van der Waals surface area contributed by atoms with Gasteiger partial charge in [-0.1, -0.05) is 0 Å². The molecule has 2 N–H and O–H groups in total. The molecule has 0 fully saturated rings. The van der Waals surface area contributed by atoms with Gasteiger partial charge in [0.25, 0.3) is 0 Å². The number of rotatable bonds is 6. The first-order chi connectivity index (χ1) is 4.77. The fourth-order valence-corrected chi connectivity index (χ4v) is 1.33. The van der Waals surface area contributed by atoms with Crippen LogP contribution in [0.3, 0.4) is 0 Å². The molecule has 4 heteroatoms. The van der Waals surface area contributed by atoms with Crippen molar-refractivity contribution >= 4 is 9.04 Å². The largest absolute Gasteiger partial charge is 0.432 e. The first-order valence-corrected chi connectivity index (χ1v) is 5.64. The number of ether oxygens (including phenoxy) is 1. The Hall–Kier alpha value is 0.0969. The molecule has 10 heavy (non-hydrogen) atoms. The van der Waals surface area contributed by atoms with Crippen molar-refractivity contribution in [1.82, 2.24) is 5.32 Å². The number of methoxy groups -OCH3 is 1. The summed E-state index contributed by atoms with van der Waals surface area (Å²) in [6.45, 7) is 3.45. The Morgan fingerprint density at radius 1 is 1.60 bits per heavy atom. The highest BCUT2D eigenvalue weighted by Crippen LogP contribution is 1.91. The lowest BCUT2D eigenvalue weighted by Gasteiger charge is -2.02. The van der Waals surface area contributed by atoms with E-state index >= 15 is 0 Å². The first-order valence-electron chi connectivity index (χ1n) is 3.48. The van der Waals surface area contributed by atoms with Crippen molar-refractivity contribution in [2.45, 2.75) is 19.0 Å². The van der Waals surface area contributed by atoms with Crippen molar-refractivity contribution < 1.29 is 9.53 Å². The lowest BCUT2D eigenvalue weighted by molar-refractivity contribution is 0.176. The van der Waals surface area contributed by atoms with E-state index < -0.39 is 9.04 Å². The van der Waals surface area contributed by atoms with Crippen molar-refractivity contribution in [2.75, 3.05) is 20.4 Å². The Morgan fingerprint density at radius 2 is 2.30 bits per heavy atom. The van der Waals surface area contributed by atoms with Crippen molar-refractivity contribution in [3.8, 4) is 0 Å². The van der Waals surface area contributed by atoms with E-state index in [9.17, 15) is 0 Å². The molecule has 0 aliphatic heterocycles. The van der Waals surface area contributed by atoms with E-state index in [1.165, 1.54) is 0 Å². The zero-order valence-electron chi connectivity index (χ0n) is 6.68. The van der Waals surface area contributed by atoms with Gasteiger partial charge in [-0.2, -0.15) is 0 Å². The van der Waals surface area contributed by atoms with Crippen LogP contribution in [0.4, 0.5) is 0 Å². The summed E-state index contributed by atoms with van der Waals surface area (Å²) >= 11 is 0. The summed E-state index contributed by atoms with van der Waals surface area (Å²) in [7, 11) is 0.658. The molecule has 0 rings (SSSR count). The second kappa shape index (κ2) is 7.21. The standard InChI is InChI=1S/C6H16NO2Si/c1-9-6-7-4-3-5-10(2)8/h7-8H,3-6H2,1-2H3. The van der Waals surface area contributed by atoms with E-state index in [-0.39, 0.29) is 0 Å². The summed E-state index contributed by atoms with van der Waals surface area (Å²) in [5.41, 5.74) is 0. The van der Waals surface area contributed by atoms with Crippen LogP contribution in [0.15, 0.2) is 0 Å². The van der Waals surface area contributed by atoms with E-state index in [0.717, 1.165) is 19.0 Å². The van der Waals surface area contributed by atoms with Crippen LogP contribution in [-0.4, -0.2) is 34.2 Å². The van der Waals surface area contributed by atoms with Crippen molar-refractivity contribution in [3.63, 3.8) is 0 Å². The minimum absolute atomic E-state index is 0.608. The maximum atomic E-state index is 8.95. The van der Waals surface area contributed by atoms with Crippen molar-refractivity contribution in [3.05, 3.63) is 0 Å². The highest BCUT2D eigenvalue weighted by atomic mass is 28.3. The van der Waals surface area contributed by atoms with Gasteiger partial charge in [-0.05, 0) is 25.6 Å². The number of nitrogens with one attached hydrogen (secondary N) is 1. The molecule has 0 saturated carbocycles. The van der Waals surface area contributed by atoms with Crippen molar-refractivity contribution in [2.24, 2.45) is 0 Å². The van der Waals surface area contributed by atoms with Gasteiger partial charge in [0.15, 0.2) is 0 Å². The molecule has 61 valence electrons. The van der Waals surface area contributed by atoms with Crippen LogP contribution in [0.5, 0.6) is 0 Å². The van der Waals surface area contributed by atoms with Crippen LogP contribution in [0.2, 0.25) is 12.6 Å². The third kappa shape index (κ3) is 8.10. The van der Waals surface area contributed by atoms with Gasteiger partial charge in [0.1, 0.15) is 0 Å². The Labute approximate surface area is 64.1 Å². The van der Waals surface area contributed by atoms with Gasteiger partial charge in [0.05, 0.1) is 6.73 Å². The molecule has 0 unspecified atom stereocenters. The molecule has 1 radical (unpaired) electrons. The van der Waals surface area contributed by atoms with Gasteiger partial charge in [0, 0.05) is 7.11 Å². The van der Waals surface area contributed by atoms with Gasteiger partial charge in [-0.25, -0.2) is 0 Å². The monoisotopic (exact) mass is 162 g/mol. The van der Waals surface area contributed by atoms with E-state index in [1.807, 2.05) is 6.55 Å². The first kappa shape index (κ1) is 10.1. The molecule has 0 bridgehead atoms. The van der Waals surface area contributed by atoms with Gasteiger partial charge in [-0.15, -0.1) is 0 Å². The second-order valence-corrected chi connectivity index (χ2v) is 4.24. The highest BCUT2D eigenvalue weighted by Gasteiger charge is 1.97. The maximum absolute atomic E-state index is 8.95. The molecular formula is C6H16NO2Si. The predicted octanol–water partition coefficient (Wildman–Crippen LogP) is 0.184. The Balaban J connectivity index is 2.77. The highest BCUT2D eigenvalue weighted by molar-refractivity contribution is 6.48. The fourth-order valence-electron chi connectivity index (χ4n) is 0.643. The summed E-state index contributed by atoms with van der Waals surface area (Å²) in [5.74, 6) is 0. The molecule has 0 aromatic rings. The molecule has 0 saturated heterocycles. The summed E-state index contributed by atoms with van der Waals surface area (Å²) in [6.07, 6.45) is 1.05. The summed E-state index contributed by atoms with van der Waals surface area (Å²) in [6, 6.07) is 0.960. The molecule has 3 nitrogen and oxygen atoms in total. The van der Waals surface area contributed by atoms with Gasteiger partial charge in [-0.3, -0.25) is 5.32 Å². The second-order valence-electron chi connectivity index (χ2n) is 2.27. The maximum Gasteiger partial charge on any atom is 0.203 e. The molecule has 0 heterocycles. The average molecular weight is 162 g/mol. The minimum Gasteiger partial charge on any atom is -0.432 e. The molecule has 0 aliphatic carbocycles. The fraction of sp³-hybridized carbons (Fsp3) is 1.00. The zero-order valence-corrected chi connectivity index (χ0v) is 7.68. The molecule has 0 aliphatic rings. The molecular weight excluding hydrogens is 146 g/mol. The van der Waals surface area contributed by atoms with Crippen LogP contribution in [0, 0.1) is 0 Å². The molecule has 0 atom stereocenters. The lowest BCUT2D eigenvalue weighted by atomic mass is 10.5. The summed E-state index contributed by atoms with van der Waals surface area (Å²) in [5, 5.41) is 3.07. The summed E-state index contributed by atoms with van der Waals surface area (Å²) < 4.78 is 4.78. The van der Waals surface area contributed by atoms with Crippen molar-refractivity contribution in [1.29, 1.82) is 0 Å². The average Bonchev–Trinajstić information content (AvgIpc) is 1.87. The van der Waals surface area contributed by atoms with Crippen LogP contribution in [0.25, 0.3) is 0 Å². The Morgan fingerprint density at radius 3 is 2.80 bits per heavy atom. The summed E-state index contributed by atoms with van der Waals surface area (Å²) in [4.78, 5) is 8.95. The van der Waals surface area contributed by atoms with E-state index in [2.05, 4.69) is 5.32 Å². The molecule has 0 aromatic heterocycles. The number of hydrogen-bond acceptors (Lipinski definition) is 3. The minimum atomic E-state index is -1.00. The van der Waals surface area contributed by atoms with E-state index in [1.54, 1.807) is 7.11 Å². The van der Waals surface area contributed by atoms with Gasteiger partial charge in [0.2, 0.25) is 9.04 Å². The van der Waals surface area contributed by atoms with Crippen LogP contribution < -0.4 is 5.32 Å². The van der Waals surface area contributed by atoms with Crippen LogP contribution >= 0.6 is 0 Å². The van der Waals surface area contributed by atoms with Crippen LogP contribution in [0.1, 0.15) is 6.42 Å². The third-order valence-corrected chi connectivity index (χ3v) is 2.22. The van der Waals surface area contributed by atoms with E-state index in [0.29, 0.717) is 6.73 Å². The molecule has 0 amide bonds. The topological polar surface area (TPSA) is 41.5 Å². The van der Waals surface area contributed by atoms with Gasteiger partial charge < -0.3 is 9.53 Å². The smallest absolute Gasteiger partial charge is 0.203 e. The number of hydrogen-bond donors (Lipinski definition) is 2. The normalized spacial score (nSPS) is 10.8. The van der Waals surface area contributed by atoms with Gasteiger partial charge >= 0.3 is 0 Å². The SMILES string of the molecule is COCNCCC[Si](C)O. The Bertz CT molecular complexity index is 70.8. The molecule has 0 aromatic carbocycles. The third-order valence-electron chi connectivity index (χ3n) is 1.14. The predicted molar refractivity (Wildman–Crippen MR) is 43.1 cm³/mol.